The van der Waals surface area contributed by atoms with Gasteiger partial charge < -0.3 is 15.8 Å². The van der Waals surface area contributed by atoms with Crippen molar-refractivity contribution in [1.82, 2.24) is 5.32 Å². The largest absolute Gasteiger partial charge is 0.377 e. The second-order valence-corrected chi connectivity index (χ2v) is 6.69. The summed E-state index contributed by atoms with van der Waals surface area (Å²) in [7, 11) is 0. The van der Waals surface area contributed by atoms with E-state index < -0.39 is 0 Å². The van der Waals surface area contributed by atoms with Crippen LogP contribution in [-0.4, -0.2) is 31.3 Å². The highest BCUT2D eigenvalue weighted by Crippen LogP contribution is 2.51. The summed E-state index contributed by atoms with van der Waals surface area (Å²) < 4.78 is 5.80. The zero-order chi connectivity index (χ0) is 14.9. The van der Waals surface area contributed by atoms with E-state index >= 15 is 0 Å². The summed E-state index contributed by atoms with van der Waals surface area (Å²) in [6.45, 7) is 6.09. The molecule has 1 aliphatic carbocycles. The van der Waals surface area contributed by atoms with Gasteiger partial charge in [-0.2, -0.15) is 0 Å². The van der Waals surface area contributed by atoms with Crippen molar-refractivity contribution >= 4 is 29.9 Å². The molecule has 1 aromatic carbocycles. The number of ether oxygens (including phenoxy) is 1. The molecular formula is C17H26IN3O. The Bertz CT molecular complexity index is 518. The van der Waals surface area contributed by atoms with Crippen molar-refractivity contribution in [2.75, 3.05) is 13.2 Å². The van der Waals surface area contributed by atoms with Gasteiger partial charge >= 0.3 is 0 Å². The van der Waals surface area contributed by atoms with Gasteiger partial charge in [0.1, 0.15) is 0 Å². The molecule has 0 aromatic heterocycles. The molecule has 0 bridgehead atoms. The maximum atomic E-state index is 6.05. The van der Waals surface area contributed by atoms with Gasteiger partial charge in [0.2, 0.25) is 0 Å². The van der Waals surface area contributed by atoms with Crippen molar-refractivity contribution in [3.8, 4) is 0 Å². The second kappa shape index (κ2) is 7.17. The third kappa shape index (κ3) is 3.40. The Kier molecular flexibility index (Phi) is 5.71. The fourth-order valence-corrected chi connectivity index (χ4v) is 3.77. The van der Waals surface area contributed by atoms with E-state index in [4.69, 9.17) is 10.5 Å². The molecule has 3 atom stereocenters. The van der Waals surface area contributed by atoms with Crippen LogP contribution in [0.5, 0.6) is 0 Å². The van der Waals surface area contributed by atoms with Crippen LogP contribution in [0, 0.1) is 11.3 Å². The van der Waals surface area contributed by atoms with Crippen molar-refractivity contribution in [3.05, 3.63) is 35.9 Å². The molecule has 1 aromatic rings. The van der Waals surface area contributed by atoms with Crippen LogP contribution in [0.1, 0.15) is 25.8 Å². The lowest BCUT2D eigenvalue weighted by atomic mass is 9.57. The van der Waals surface area contributed by atoms with Crippen LogP contribution in [-0.2, 0) is 11.2 Å². The fourth-order valence-electron chi connectivity index (χ4n) is 3.77. The first-order valence-corrected chi connectivity index (χ1v) is 7.81. The molecule has 22 heavy (non-hydrogen) atoms. The molecule has 1 saturated heterocycles. The van der Waals surface area contributed by atoms with Gasteiger partial charge in [-0.15, -0.1) is 24.0 Å². The zero-order valence-electron chi connectivity index (χ0n) is 13.3. The Labute approximate surface area is 149 Å². The Balaban J connectivity index is 0.00000176. The fraction of sp³-hybridized carbons (Fsp3) is 0.588. The van der Waals surface area contributed by atoms with Gasteiger partial charge in [-0.25, -0.2) is 0 Å². The molecule has 2 aliphatic rings. The molecule has 3 N–H and O–H groups in total. The number of guanidine groups is 1. The summed E-state index contributed by atoms with van der Waals surface area (Å²) in [5.74, 6) is 1.15. The number of fused-ring (bicyclic) bond motifs is 1. The first kappa shape index (κ1) is 17.5. The summed E-state index contributed by atoms with van der Waals surface area (Å²) in [4.78, 5) is 4.46. The summed E-state index contributed by atoms with van der Waals surface area (Å²) in [6, 6.07) is 10.8. The minimum Gasteiger partial charge on any atom is -0.377 e. The maximum Gasteiger partial charge on any atom is 0.188 e. The number of nitrogens with two attached hydrogens (primary N) is 1. The van der Waals surface area contributed by atoms with E-state index in [2.05, 4.69) is 48.4 Å². The standard InChI is InChI=1S/C17H25N3O.HI/c1-17(2)14(13-9-11-21-15(13)17)20-16(18)19-10-8-12-6-4-3-5-7-12;/h3-7,13-15H,8-11H2,1-2H3,(H3,18,19,20);1H. The number of rotatable bonds is 4. The van der Waals surface area contributed by atoms with Crippen molar-refractivity contribution < 1.29 is 4.74 Å². The summed E-state index contributed by atoms with van der Waals surface area (Å²) in [6.07, 6.45) is 2.43. The van der Waals surface area contributed by atoms with Crippen LogP contribution in [0.3, 0.4) is 0 Å². The molecule has 1 aliphatic heterocycles. The highest BCUT2D eigenvalue weighted by molar-refractivity contribution is 14.0. The average Bonchev–Trinajstić information content (AvgIpc) is 2.93. The van der Waals surface area contributed by atoms with Gasteiger partial charge in [-0.1, -0.05) is 44.2 Å². The van der Waals surface area contributed by atoms with Crippen LogP contribution in [0.15, 0.2) is 35.3 Å². The van der Waals surface area contributed by atoms with Crippen molar-refractivity contribution in [1.29, 1.82) is 0 Å². The van der Waals surface area contributed by atoms with Gasteiger partial charge in [-0.3, -0.25) is 4.99 Å². The number of hydrogen-bond donors (Lipinski definition) is 2. The van der Waals surface area contributed by atoms with Crippen molar-refractivity contribution in [2.24, 2.45) is 22.1 Å². The molecule has 1 saturated carbocycles. The van der Waals surface area contributed by atoms with Crippen LogP contribution < -0.4 is 11.1 Å². The number of aliphatic imine (C=N–C) groups is 1. The number of hydrogen-bond acceptors (Lipinski definition) is 2. The first-order valence-electron chi connectivity index (χ1n) is 7.81. The van der Waals surface area contributed by atoms with E-state index in [0.717, 1.165) is 26.0 Å². The third-order valence-corrected chi connectivity index (χ3v) is 4.93. The Morgan fingerprint density at radius 2 is 2.09 bits per heavy atom. The lowest BCUT2D eigenvalue weighted by molar-refractivity contribution is -0.106. The van der Waals surface area contributed by atoms with Gasteiger partial charge in [0.15, 0.2) is 5.96 Å². The highest BCUT2D eigenvalue weighted by atomic mass is 127. The number of nitrogens with one attached hydrogen (secondary N) is 1. The van der Waals surface area contributed by atoms with E-state index in [0.29, 0.717) is 24.0 Å². The number of benzene rings is 1. The van der Waals surface area contributed by atoms with Crippen molar-refractivity contribution in [2.45, 2.75) is 38.8 Å². The monoisotopic (exact) mass is 415 g/mol. The summed E-state index contributed by atoms with van der Waals surface area (Å²) in [5, 5.41) is 3.41. The maximum absolute atomic E-state index is 6.05. The van der Waals surface area contributed by atoms with E-state index in [1.165, 1.54) is 5.56 Å². The van der Waals surface area contributed by atoms with Gasteiger partial charge in [0.25, 0.3) is 0 Å². The van der Waals surface area contributed by atoms with E-state index in [1.54, 1.807) is 0 Å². The van der Waals surface area contributed by atoms with Crippen LogP contribution >= 0.6 is 24.0 Å². The summed E-state index contributed by atoms with van der Waals surface area (Å²) in [5.41, 5.74) is 7.48. The molecule has 0 amide bonds. The minimum absolute atomic E-state index is 0. The molecule has 122 valence electrons. The molecule has 0 spiro atoms. The smallest absolute Gasteiger partial charge is 0.188 e. The second-order valence-electron chi connectivity index (χ2n) is 6.69. The molecule has 2 fully saturated rings. The predicted molar refractivity (Wildman–Crippen MR) is 101 cm³/mol. The number of halogens is 1. The van der Waals surface area contributed by atoms with Crippen LogP contribution in [0.4, 0.5) is 0 Å². The molecular weight excluding hydrogens is 389 g/mol. The number of nitrogens with zero attached hydrogens (tertiary/aromatic N) is 1. The molecule has 5 heteroatoms. The average molecular weight is 415 g/mol. The van der Waals surface area contributed by atoms with Gasteiger partial charge in [-0.05, 0) is 18.4 Å². The highest BCUT2D eigenvalue weighted by Gasteiger charge is 2.59. The topological polar surface area (TPSA) is 59.6 Å². The molecule has 1 heterocycles. The minimum atomic E-state index is 0. The zero-order valence-corrected chi connectivity index (χ0v) is 15.6. The molecule has 3 rings (SSSR count). The van der Waals surface area contributed by atoms with Crippen LogP contribution in [0.25, 0.3) is 0 Å². The molecule has 3 unspecified atom stereocenters. The van der Waals surface area contributed by atoms with Crippen LogP contribution in [0.2, 0.25) is 0 Å². The Hall–Kier alpha value is -0.820. The van der Waals surface area contributed by atoms with E-state index in [-0.39, 0.29) is 29.4 Å². The van der Waals surface area contributed by atoms with Crippen molar-refractivity contribution in [3.63, 3.8) is 0 Å². The van der Waals surface area contributed by atoms with Gasteiger partial charge in [0, 0.05) is 30.5 Å². The van der Waals surface area contributed by atoms with E-state index in [1.807, 2.05) is 6.07 Å². The molecule has 4 nitrogen and oxygen atoms in total. The lowest BCUT2D eigenvalue weighted by Crippen LogP contribution is -2.67. The quantitative estimate of drug-likeness (QED) is 0.452. The Morgan fingerprint density at radius 3 is 2.82 bits per heavy atom. The first-order chi connectivity index (χ1) is 10.1. The SMILES string of the molecule is CC1(C)C(NC(N)=NCCc2ccccc2)C2CCOC21.I. The predicted octanol–water partition coefficient (Wildman–Crippen LogP) is 2.56. The lowest BCUT2D eigenvalue weighted by Gasteiger charge is -2.54. The third-order valence-electron chi connectivity index (χ3n) is 4.93. The van der Waals surface area contributed by atoms with E-state index in [9.17, 15) is 0 Å². The Morgan fingerprint density at radius 1 is 1.36 bits per heavy atom. The normalized spacial score (nSPS) is 29.2. The molecule has 0 radical (unpaired) electrons. The van der Waals surface area contributed by atoms with Gasteiger partial charge in [0.05, 0.1) is 6.10 Å². The summed E-state index contributed by atoms with van der Waals surface area (Å²) >= 11 is 0.